The van der Waals surface area contributed by atoms with Crippen molar-refractivity contribution in [3.63, 3.8) is 0 Å². The first kappa shape index (κ1) is 20.6. The van der Waals surface area contributed by atoms with Crippen molar-refractivity contribution in [2.75, 3.05) is 6.54 Å². The van der Waals surface area contributed by atoms with Crippen LogP contribution >= 0.6 is 0 Å². The summed E-state index contributed by atoms with van der Waals surface area (Å²) in [6, 6.07) is 11.6. The van der Waals surface area contributed by atoms with E-state index in [4.69, 9.17) is 0 Å². The van der Waals surface area contributed by atoms with Gasteiger partial charge in [-0.2, -0.15) is 0 Å². The molecule has 2 aromatic carbocycles. The van der Waals surface area contributed by atoms with E-state index in [-0.39, 0.29) is 22.6 Å². The van der Waals surface area contributed by atoms with E-state index in [1.165, 1.54) is 43.6 Å². The zero-order chi connectivity index (χ0) is 21.0. The largest absolute Gasteiger partial charge is 0.350 e. The molecule has 5 nitrogen and oxygen atoms in total. The number of rotatable bonds is 6. The average Bonchev–Trinajstić information content (AvgIpc) is 2.71. The van der Waals surface area contributed by atoms with E-state index in [0.717, 1.165) is 18.2 Å². The summed E-state index contributed by atoms with van der Waals surface area (Å²) >= 11 is 0. The molecule has 0 fully saturated rings. The normalized spacial score (nSPS) is 12.4. The Kier molecular flexibility index (Phi) is 6.03. The molecule has 0 bridgehead atoms. The van der Waals surface area contributed by atoms with Crippen LogP contribution in [-0.2, 0) is 9.84 Å². The van der Waals surface area contributed by atoms with Crippen molar-refractivity contribution in [1.82, 2.24) is 10.3 Å². The number of aryl methyl sites for hydroxylation is 1. The summed E-state index contributed by atoms with van der Waals surface area (Å²) in [7, 11) is -3.96. The van der Waals surface area contributed by atoms with Crippen molar-refractivity contribution in [2.45, 2.75) is 17.1 Å². The molecule has 0 radical (unpaired) electrons. The van der Waals surface area contributed by atoms with E-state index in [1.807, 2.05) is 0 Å². The minimum absolute atomic E-state index is 0.0544. The Bertz CT molecular complexity index is 1120. The van der Waals surface area contributed by atoms with Crippen LogP contribution in [0.4, 0.5) is 8.78 Å². The minimum atomic E-state index is -3.96. The Morgan fingerprint density at radius 2 is 1.83 bits per heavy atom. The average molecular weight is 416 g/mol. The van der Waals surface area contributed by atoms with Gasteiger partial charge in [-0.05, 0) is 66.6 Å². The second-order valence-corrected chi connectivity index (χ2v) is 8.58. The highest BCUT2D eigenvalue weighted by atomic mass is 32.2. The number of nitrogens with one attached hydrogen (secondary N) is 1. The molecule has 0 spiro atoms. The highest BCUT2D eigenvalue weighted by Crippen LogP contribution is 2.29. The number of amides is 1. The molecule has 3 rings (SSSR count). The number of benzene rings is 2. The maximum Gasteiger partial charge on any atom is 0.251 e. The molecule has 3 aromatic rings. The Morgan fingerprint density at radius 1 is 1.10 bits per heavy atom. The third-order valence-corrected chi connectivity index (χ3v) is 6.54. The number of hydrogen-bond donors (Lipinski definition) is 1. The highest BCUT2D eigenvalue weighted by Gasteiger charge is 2.30. The molecule has 29 heavy (non-hydrogen) atoms. The number of halogens is 2. The van der Waals surface area contributed by atoms with Crippen LogP contribution in [0.25, 0.3) is 0 Å². The molecule has 0 unspecified atom stereocenters. The maximum atomic E-state index is 13.6. The Balaban J connectivity index is 1.91. The monoisotopic (exact) mass is 416 g/mol. The zero-order valence-electron chi connectivity index (χ0n) is 15.5. The van der Waals surface area contributed by atoms with Crippen molar-refractivity contribution in [3.05, 3.63) is 95.3 Å². The van der Waals surface area contributed by atoms with Gasteiger partial charge in [0.1, 0.15) is 16.9 Å². The summed E-state index contributed by atoms with van der Waals surface area (Å²) in [4.78, 5) is 16.3. The number of pyridine rings is 1. The lowest BCUT2D eigenvalue weighted by Crippen LogP contribution is -2.32. The molecule has 150 valence electrons. The lowest BCUT2D eigenvalue weighted by Gasteiger charge is -2.19. The summed E-state index contributed by atoms with van der Waals surface area (Å²) in [5.41, 5.74) is 0.784. The summed E-state index contributed by atoms with van der Waals surface area (Å²) < 4.78 is 53.1. The molecule has 8 heteroatoms. The molecule has 1 aromatic heterocycles. The smallest absolute Gasteiger partial charge is 0.251 e. The first-order valence-electron chi connectivity index (χ1n) is 8.73. The van der Waals surface area contributed by atoms with E-state index >= 15 is 0 Å². The van der Waals surface area contributed by atoms with E-state index in [2.05, 4.69) is 10.3 Å². The van der Waals surface area contributed by atoms with Crippen LogP contribution < -0.4 is 5.32 Å². The number of nitrogens with zero attached hydrogens (tertiary/aromatic N) is 1. The third-order valence-electron chi connectivity index (χ3n) is 4.44. The van der Waals surface area contributed by atoms with Gasteiger partial charge < -0.3 is 5.32 Å². The fourth-order valence-electron chi connectivity index (χ4n) is 2.82. The third kappa shape index (κ3) is 4.65. The Labute approximate surface area is 167 Å². The van der Waals surface area contributed by atoms with Crippen LogP contribution in [0, 0.1) is 18.6 Å². The molecule has 1 amide bonds. The van der Waals surface area contributed by atoms with Gasteiger partial charge in [0.15, 0.2) is 9.84 Å². The Hall–Kier alpha value is -3.13. The highest BCUT2D eigenvalue weighted by molar-refractivity contribution is 7.91. The van der Waals surface area contributed by atoms with Gasteiger partial charge in [-0.25, -0.2) is 17.2 Å². The first-order valence-corrected chi connectivity index (χ1v) is 10.3. The second kappa shape index (κ2) is 8.48. The van der Waals surface area contributed by atoms with Gasteiger partial charge in [0, 0.05) is 24.5 Å². The lowest BCUT2D eigenvalue weighted by atomic mass is 10.2. The van der Waals surface area contributed by atoms with Crippen LogP contribution in [0.15, 0.2) is 71.9 Å². The topological polar surface area (TPSA) is 76.1 Å². The lowest BCUT2D eigenvalue weighted by molar-refractivity contribution is 0.0953. The van der Waals surface area contributed by atoms with Crippen LogP contribution in [0.5, 0.6) is 0 Å². The Morgan fingerprint density at radius 3 is 2.45 bits per heavy atom. The van der Waals surface area contributed by atoms with Gasteiger partial charge in [-0.1, -0.05) is 6.07 Å². The van der Waals surface area contributed by atoms with Gasteiger partial charge in [0.05, 0.1) is 4.90 Å². The maximum absolute atomic E-state index is 13.6. The fraction of sp³-hybridized carbons (Fsp3) is 0.143. The predicted molar refractivity (Wildman–Crippen MR) is 104 cm³/mol. The second-order valence-electron chi connectivity index (χ2n) is 6.45. The van der Waals surface area contributed by atoms with Crippen molar-refractivity contribution in [3.8, 4) is 0 Å². The van der Waals surface area contributed by atoms with E-state index in [0.29, 0.717) is 5.56 Å². The van der Waals surface area contributed by atoms with Crippen LogP contribution in [-0.4, -0.2) is 25.9 Å². The van der Waals surface area contributed by atoms with Crippen LogP contribution in [0.2, 0.25) is 0 Å². The van der Waals surface area contributed by atoms with Gasteiger partial charge >= 0.3 is 0 Å². The van der Waals surface area contributed by atoms with Crippen LogP contribution in [0.1, 0.15) is 26.7 Å². The molecule has 1 heterocycles. The number of sulfone groups is 1. The molecule has 0 aliphatic rings. The van der Waals surface area contributed by atoms with E-state index in [9.17, 15) is 22.0 Å². The standard InChI is InChI=1S/C21H18F2N2O3S/c1-14-11-18(8-9-19(14)23)29(27,28)20(16-3-2-10-24-12-16)13-25-21(26)15-4-6-17(22)7-5-15/h2-12,20H,13H2,1H3,(H,25,26)/t20-/m0/s1. The van der Waals surface area contributed by atoms with E-state index in [1.54, 1.807) is 12.1 Å². The van der Waals surface area contributed by atoms with Crippen molar-refractivity contribution in [1.29, 1.82) is 0 Å². The predicted octanol–water partition coefficient (Wildman–Crippen LogP) is 3.61. The van der Waals surface area contributed by atoms with Gasteiger partial charge in [-0.3, -0.25) is 9.78 Å². The van der Waals surface area contributed by atoms with Crippen molar-refractivity contribution < 1.29 is 22.0 Å². The number of carbonyl (C=O) groups is 1. The molecule has 1 N–H and O–H groups in total. The number of aromatic nitrogens is 1. The van der Waals surface area contributed by atoms with Gasteiger partial charge in [0.25, 0.3) is 5.91 Å². The minimum Gasteiger partial charge on any atom is -0.350 e. The van der Waals surface area contributed by atoms with Crippen molar-refractivity contribution >= 4 is 15.7 Å². The summed E-state index contributed by atoms with van der Waals surface area (Å²) in [6.07, 6.45) is 2.91. The quantitative estimate of drug-likeness (QED) is 0.623. The summed E-state index contributed by atoms with van der Waals surface area (Å²) in [5, 5.41) is 1.44. The van der Waals surface area contributed by atoms with E-state index < -0.39 is 32.6 Å². The fourth-order valence-corrected chi connectivity index (χ4v) is 4.55. The molecule has 0 saturated carbocycles. The zero-order valence-corrected chi connectivity index (χ0v) is 16.3. The molecule has 1 atom stereocenters. The summed E-state index contributed by atoms with van der Waals surface area (Å²) in [6.45, 7) is 1.24. The summed E-state index contributed by atoms with van der Waals surface area (Å²) in [5.74, 6) is -1.53. The molecule has 0 saturated heterocycles. The molecule has 0 aliphatic heterocycles. The molecular weight excluding hydrogens is 398 g/mol. The molecule has 0 aliphatic carbocycles. The van der Waals surface area contributed by atoms with Gasteiger partial charge in [-0.15, -0.1) is 0 Å². The SMILES string of the molecule is Cc1cc(S(=O)(=O)[C@@H](CNC(=O)c2ccc(F)cc2)c2cccnc2)ccc1F. The number of hydrogen-bond acceptors (Lipinski definition) is 4. The van der Waals surface area contributed by atoms with Gasteiger partial charge in [0.2, 0.25) is 0 Å². The van der Waals surface area contributed by atoms with Crippen LogP contribution in [0.3, 0.4) is 0 Å². The first-order chi connectivity index (χ1) is 13.8. The van der Waals surface area contributed by atoms with Crippen molar-refractivity contribution in [2.24, 2.45) is 0 Å². The molecular formula is C21H18F2N2O3S. The number of carbonyl (C=O) groups excluding carboxylic acids is 1.